The van der Waals surface area contributed by atoms with Gasteiger partial charge in [0.05, 0.1) is 12.6 Å². The van der Waals surface area contributed by atoms with Crippen LogP contribution in [0.4, 0.5) is 4.79 Å². The zero-order valence-electron chi connectivity index (χ0n) is 17.3. The van der Waals surface area contributed by atoms with Gasteiger partial charge < -0.3 is 30.6 Å². The fourth-order valence-corrected chi connectivity index (χ4v) is 3.46. The first-order valence-corrected chi connectivity index (χ1v) is 9.93. The van der Waals surface area contributed by atoms with Gasteiger partial charge in [-0.1, -0.05) is 48.5 Å². The van der Waals surface area contributed by atoms with Crippen LogP contribution in [0, 0.1) is 0 Å². The SMILES string of the molecule is C[C@H](NC(=O)OCC1c2ccccc2-c2ccccc21)C(=O)NCNC(=O)/C=C/C(=O)[O-]. The van der Waals surface area contributed by atoms with Gasteiger partial charge in [-0.25, -0.2) is 4.79 Å². The number of carboxylic acids is 1. The van der Waals surface area contributed by atoms with Gasteiger partial charge in [0.1, 0.15) is 12.6 Å². The third-order valence-electron chi connectivity index (χ3n) is 4.97. The first-order chi connectivity index (χ1) is 15.4. The van der Waals surface area contributed by atoms with E-state index < -0.39 is 29.9 Å². The summed E-state index contributed by atoms with van der Waals surface area (Å²) >= 11 is 0. The third-order valence-corrected chi connectivity index (χ3v) is 4.97. The molecular formula is C23H22N3O6-. The van der Waals surface area contributed by atoms with Crippen molar-refractivity contribution in [1.29, 1.82) is 0 Å². The number of ether oxygens (including phenoxy) is 1. The molecule has 2 aromatic rings. The number of nitrogens with one attached hydrogen (secondary N) is 3. The van der Waals surface area contributed by atoms with Crippen LogP contribution in [0.15, 0.2) is 60.7 Å². The highest BCUT2D eigenvalue weighted by Gasteiger charge is 2.29. The summed E-state index contributed by atoms with van der Waals surface area (Å²) in [5, 5.41) is 17.3. The number of aliphatic carboxylic acids is 1. The normalized spacial score (nSPS) is 13.0. The van der Waals surface area contributed by atoms with Gasteiger partial charge in [0, 0.05) is 12.0 Å². The van der Waals surface area contributed by atoms with Gasteiger partial charge in [0.25, 0.3) is 0 Å². The second-order valence-electron chi connectivity index (χ2n) is 7.10. The van der Waals surface area contributed by atoms with Crippen LogP contribution in [0.2, 0.25) is 0 Å². The number of fused-ring (bicyclic) bond motifs is 3. The van der Waals surface area contributed by atoms with Crippen LogP contribution in [-0.4, -0.2) is 43.2 Å². The fourth-order valence-electron chi connectivity index (χ4n) is 3.46. The molecule has 3 amide bonds. The van der Waals surface area contributed by atoms with Crippen LogP contribution in [-0.2, 0) is 19.1 Å². The Balaban J connectivity index is 1.47. The molecule has 3 rings (SSSR count). The molecule has 0 bridgehead atoms. The molecule has 9 nitrogen and oxygen atoms in total. The average molecular weight is 436 g/mol. The maximum Gasteiger partial charge on any atom is 0.407 e. The number of carbonyl (C=O) groups excluding carboxylic acids is 4. The lowest BCUT2D eigenvalue weighted by molar-refractivity contribution is -0.297. The molecule has 0 saturated carbocycles. The van der Waals surface area contributed by atoms with E-state index >= 15 is 0 Å². The van der Waals surface area contributed by atoms with E-state index in [1.54, 1.807) is 0 Å². The number of carbonyl (C=O) groups is 4. The predicted octanol–water partition coefficient (Wildman–Crippen LogP) is 0.410. The minimum absolute atomic E-state index is 0.0958. The highest BCUT2D eigenvalue weighted by atomic mass is 16.5. The van der Waals surface area contributed by atoms with E-state index in [4.69, 9.17) is 4.74 Å². The van der Waals surface area contributed by atoms with E-state index in [9.17, 15) is 24.3 Å². The van der Waals surface area contributed by atoms with Crippen LogP contribution < -0.4 is 21.1 Å². The van der Waals surface area contributed by atoms with E-state index in [0.717, 1.165) is 28.3 Å². The first kappa shape index (κ1) is 22.5. The summed E-state index contributed by atoms with van der Waals surface area (Å²) in [6.45, 7) is 1.34. The van der Waals surface area contributed by atoms with Crippen molar-refractivity contribution in [2.45, 2.75) is 18.9 Å². The minimum Gasteiger partial charge on any atom is -0.545 e. The molecule has 0 aliphatic heterocycles. The molecule has 0 radical (unpaired) electrons. The minimum atomic E-state index is -1.51. The van der Waals surface area contributed by atoms with E-state index in [1.807, 2.05) is 48.5 Å². The molecule has 1 atom stereocenters. The van der Waals surface area contributed by atoms with E-state index in [-0.39, 0.29) is 19.2 Å². The van der Waals surface area contributed by atoms with Gasteiger partial charge in [-0.3, -0.25) is 9.59 Å². The smallest absolute Gasteiger partial charge is 0.407 e. The number of hydrogen-bond donors (Lipinski definition) is 3. The van der Waals surface area contributed by atoms with Crippen molar-refractivity contribution in [3.05, 3.63) is 71.8 Å². The predicted molar refractivity (Wildman–Crippen MR) is 113 cm³/mol. The Bertz CT molecular complexity index is 1020. The van der Waals surface area contributed by atoms with Crippen LogP contribution in [0.5, 0.6) is 0 Å². The summed E-state index contributed by atoms with van der Waals surface area (Å²) < 4.78 is 5.39. The Kier molecular flexibility index (Phi) is 7.22. The van der Waals surface area contributed by atoms with Gasteiger partial charge in [0.2, 0.25) is 11.8 Å². The van der Waals surface area contributed by atoms with Gasteiger partial charge >= 0.3 is 6.09 Å². The molecule has 0 aromatic heterocycles. The molecule has 2 aromatic carbocycles. The van der Waals surface area contributed by atoms with E-state index in [2.05, 4.69) is 16.0 Å². The number of rotatable bonds is 8. The lowest BCUT2D eigenvalue weighted by Gasteiger charge is -2.17. The summed E-state index contributed by atoms with van der Waals surface area (Å²) in [6, 6.07) is 15.0. The molecular weight excluding hydrogens is 414 g/mol. The quantitative estimate of drug-likeness (QED) is 0.405. The van der Waals surface area contributed by atoms with Gasteiger partial charge in [0.15, 0.2) is 0 Å². The zero-order chi connectivity index (χ0) is 23.1. The Labute approximate surface area is 184 Å². The number of benzene rings is 2. The molecule has 166 valence electrons. The summed E-state index contributed by atoms with van der Waals surface area (Å²) in [6.07, 6.45) is 0.591. The molecule has 0 saturated heterocycles. The molecule has 1 aliphatic rings. The van der Waals surface area contributed by atoms with Crippen LogP contribution in [0.3, 0.4) is 0 Å². The Morgan fingerprint density at radius 3 is 2.16 bits per heavy atom. The third kappa shape index (κ3) is 5.51. The number of alkyl carbamates (subject to hydrolysis) is 1. The summed E-state index contributed by atoms with van der Waals surface area (Å²) in [5.41, 5.74) is 4.38. The van der Waals surface area contributed by atoms with Crippen molar-refractivity contribution < 1.29 is 29.0 Å². The van der Waals surface area contributed by atoms with Crippen LogP contribution in [0.25, 0.3) is 11.1 Å². The van der Waals surface area contributed by atoms with Gasteiger partial charge in [-0.2, -0.15) is 0 Å². The average Bonchev–Trinajstić information content (AvgIpc) is 3.10. The molecule has 0 spiro atoms. The molecule has 32 heavy (non-hydrogen) atoms. The van der Waals surface area contributed by atoms with Crippen LogP contribution >= 0.6 is 0 Å². The molecule has 3 N–H and O–H groups in total. The summed E-state index contributed by atoms with van der Waals surface area (Å²) in [5.74, 6) is -2.87. The first-order valence-electron chi connectivity index (χ1n) is 9.93. The van der Waals surface area contributed by atoms with Crippen molar-refractivity contribution in [3.63, 3.8) is 0 Å². The maximum atomic E-state index is 12.2. The topological polar surface area (TPSA) is 137 Å². The second kappa shape index (κ2) is 10.3. The summed E-state index contributed by atoms with van der Waals surface area (Å²) in [7, 11) is 0. The molecule has 1 aliphatic carbocycles. The van der Waals surface area contributed by atoms with Crippen molar-refractivity contribution >= 4 is 23.9 Å². The molecule has 0 unspecified atom stereocenters. The second-order valence-corrected chi connectivity index (χ2v) is 7.10. The van der Waals surface area contributed by atoms with Gasteiger partial charge in [-0.15, -0.1) is 0 Å². The number of amides is 3. The Hall–Kier alpha value is -4.14. The zero-order valence-corrected chi connectivity index (χ0v) is 17.3. The number of hydrogen-bond acceptors (Lipinski definition) is 6. The molecule has 0 heterocycles. The highest BCUT2D eigenvalue weighted by Crippen LogP contribution is 2.44. The van der Waals surface area contributed by atoms with E-state index in [1.165, 1.54) is 6.92 Å². The lowest BCUT2D eigenvalue weighted by Crippen LogP contribution is -2.48. The van der Waals surface area contributed by atoms with Crippen LogP contribution in [0.1, 0.15) is 24.0 Å². The monoisotopic (exact) mass is 436 g/mol. The maximum absolute atomic E-state index is 12.2. The number of carboxylic acid groups (broad SMARTS) is 1. The van der Waals surface area contributed by atoms with Crippen molar-refractivity contribution in [1.82, 2.24) is 16.0 Å². The fraction of sp³-hybridized carbons (Fsp3) is 0.217. The van der Waals surface area contributed by atoms with Crippen molar-refractivity contribution in [3.8, 4) is 11.1 Å². The largest absolute Gasteiger partial charge is 0.545 e. The standard InChI is InChI=1S/C23H23N3O6/c1-14(22(30)25-13-24-20(27)10-11-21(28)29)26-23(31)32-12-19-17-8-4-2-6-15(17)16-7-3-5-9-18(16)19/h2-11,14,19H,12-13H2,1H3,(H,24,27)(H,25,30)(H,26,31)(H,28,29)/p-1/b11-10+/t14-/m0/s1. The Morgan fingerprint density at radius 2 is 1.56 bits per heavy atom. The van der Waals surface area contributed by atoms with Gasteiger partial charge in [-0.05, 0) is 35.3 Å². The summed E-state index contributed by atoms with van der Waals surface area (Å²) in [4.78, 5) is 45.8. The molecule has 0 fully saturated rings. The lowest BCUT2D eigenvalue weighted by atomic mass is 9.98. The van der Waals surface area contributed by atoms with Crippen molar-refractivity contribution in [2.75, 3.05) is 13.3 Å². The molecule has 9 heteroatoms. The van der Waals surface area contributed by atoms with E-state index in [0.29, 0.717) is 6.08 Å². The Morgan fingerprint density at radius 1 is 0.969 bits per heavy atom. The van der Waals surface area contributed by atoms with Crippen molar-refractivity contribution in [2.24, 2.45) is 0 Å². The highest BCUT2D eigenvalue weighted by molar-refractivity contribution is 5.93.